The lowest BCUT2D eigenvalue weighted by Gasteiger charge is -2.31. The van der Waals surface area contributed by atoms with E-state index in [1.54, 1.807) is 32.8 Å². The predicted octanol–water partition coefficient (Wildman–Crippen LogP) is 3.23. The summed E-state index contributed by atoms with van der Waals surface area (Å²) in [4.78, 5) is 13.9. The van der Waals surface area contributed by atoms with Crippen molar-refractivity contribution in [2.75, 3.05) is 14.1 Å². The van der Waals surface area contributed by atoms with Gasteiger partial charge in [0.1, 0.15) is 0 Å². The number of carbonyl (C=O) groups is 1. The van der Waals surface area contributed by atoms with Gasteiger partial charge >= 0.3 is 6.18 Å². The van der Waals surface area contributed by atoms with E-state index in [9.17, 15) is 18.0 Å². The fourth-order valence-corrected chi connectivity index (χ4v) is 1.39. The second kappa shape index (κ2) is 4.72. The second-order valence-corrected chi connectivity index (χ2v) is 4.86. The summed E-state index contributed by atoms with van der Waals surface area (Å²) in [6.07, 6.45) is -4.43. The Morgan fingerprint density at radius 2 is 1.72 bits per heavy atom. The number of carbonyl (C=O) groups excluding carboxylic acids is 1. The zero-order valence-corrected chi connectivity index (χ0v) is 10.8. The van der Waals surface area contributed by atoms with E-state index >= 15 is 0 Å². The van der Waals surface area contributed by atoms with Gasteiger partial charge in [-0.05, 0) is 40.1 Å². The SMILES string of the molecule is CN(C)C(C)(C)C(=O)c1cccc(C(F)(F)F)c1. The number of Topliss-reactive ketones (excluding diaryl/α,β-unsaturated/α-hetero) is 1. The molecule has 0 radical (unpaired) electrons. The number of benzene rings is 1. The highest BCUT2D eigenvalue weighted by atomic mass is 19.4. The van der Waals surface area contributed by atoms with Gasteiger partial charge < -0.3 is 0 Å². The summed E-state index contributed by atoms with van der Waals surface area (Å²) in [6, 6.07) is 4.51. The van der Waals surface area contributed by atoms with Crippen LogP contribution in [0.25, 0.3) is 0 Å². The quantitative estimate of drug-likeness (QED) is 0.777. The van der Waals surface area contributed by atoms with Gasteiger partial charge in [0.05, 0.1) is 11.1 Å². The Hall–Kier alpha value is -1.36. The summed E-state index contributed by atoms with van der Waals surface area (Å²) in [7, 11) is 3.43. The highest BCUT2D eigenvalue weighted by Gasteiger charge is 2.34. The molecule has 0 aliphatic carbocycles. The molecule has 100 valence electrons. The molecule has 0 aliphatic heterocycles. The first kappa shape index (κ1) is 14.7. The average molecular weight is 259 g/mol. The number of hydrogen-bond acceptors (Lipinski definition) is 2. The molecule has 1 rings (SSSR count). The molecule has 0 aliphatic rings. The van der Waals surface area contributed by atoms with Crippen LogP contribution in [-0.4, -0.2) is 30.3 Å². The molecule has 0 spiro atoms. The van der Waals surface area contributed by atoms with Crippen LogP contribution < -0.4 is 0 Å². The lowest BCUT2D eigenvalue weighted by atomic mass is 9.91. The number of hydrogen-bond donors (Lipinski definition) is 0. The zero-order chi connectivity index (χ0) is 14.1. The Balaban J connectivity index is 3.16. The van der Waals surface area contributed by atoms with Crippen molar-refractivity contribution in [3.05, 3.63) is 35.4 Å². The smallest absolute Gasteiger partial charge is 0.297 e. The van der Waals surface area contributed by atoms with Crippen molar-refractivity contribution in [1.82, 2.24) is 4.90 Å². The molecule has 0 fully saturated rings. The van der Waals surface area contributed by atoms with Gasteiger partial charge in [0.25, 0.3) is 0 Å². The minimum Gasteiger partial charge on any atom is -0.297 e. The van der Waals surface area contributed by atoms with Crippen molar-refractivity contribution in [2.45, 2.75) is 25.6 Å². The van der Waals surface area contributed by atoms with E-state index in [-0.39, 0.29) is 11.3 Å². The van der Waals surface area contributed by atoms with Crippen molar-refractivity contribution in [3.63, 3.8) is 0 Å². The van der Waals surface area contributed by atoms with Crippen LogP contribution in [0.15, 0.2) is 24.3 Å². The van der Waals surface area contributed by atoms with Crippen molar-refractivity contribution in [2.24, 2.45) is 0 Å². The van der Waals surface area contributed by atoms with E-state index in [4.69, 9.17) is 0 Å². The molecule has 0 saturated carbocycles. The predicted molar refractivity (Wildman–Crippen MR) is 63.5 cm³/mol. The Bertz CT molecular complexity index is 450. The average Bonchev–Trinajstić information content (AvgIpc) is 2.26. The normalized spacial score (nSPS) is 12.9. The van der Waals surface area contributed by atoms with Crippen molar-refractivity contribution < 1.29 is 18.0 Å². The van der Waals surface area contributed by atoms with E-state index in [1.165, 1.54) is 12.1 Å². The zero-order valence-electron chi connectivity index (χ0n) is 10.8. The summed E-state index contributed by atoms with van der Waals surface area (Å²) in [5.41, 5.74) is -1.57. The molecule has 18 heavy (non-hydrogen) atoms. The van der Waals surface area contributed by atoms with Crippen molar-refractivity contribution in [3.8, 4) is 0 Å². The summed E-state index contributed by atoms with van der Waals surface area (Å²) in [5.74, 6) is -0.335. The molecule has 5 heteroatoms. The van der Waals surface area contributed by atoms with Gasteiger partial charge in [0, 0.05) is 5.56 Å². The Morgan fingerprint density at radius 1 is 1.17 bits per heavy atom. The molecular weight excluding hydrogens is 243 g/mol. The maximum Gasteiger partial charge on any atom is 0.416 e. The van der Waals surface area contributed by atoms with E-state index < -0.39 is 17.3 Å². The number of halogens is 3. The molecule has 1 aromatic rings. The van der Waals surface area contributed by atoms with Crippen molar-refractivity contribution in [1.29, 1.82) is 0 Å². The molecule has 2 nitrogen and oxygen atoms in total. The molecule has 0 heterocycles. The van der Waals surface area contributed by atoms with Gasteiger partial charge in [-0.1, -0.05) is 12.1 Å². The molecule has 0 N–H and O–H groups in total. The monoisotopic (exact) mass is 259 g/mol. The third-order valence-electron chi connectivity index (χ3n) is 3.13. The van der Waals surface area contributed by atoms with Gasteiger partial charge in [0.2, 0.25) is 0 Å². The number of ketones is 1. The Kier molecular flexibility index (Phi) is 3.86. The maximum absolute atomic E-state index is 12.6. The Morgan fingerprint density at radius 3 is 2.17 bits per heavy atom. The standard InChI is InChI=1S/C13H16F3NO/c1-12(2,17(3)4)11(18)9-6-5-7-10(8-9)13(14,15)16/h5-8H,1-4H3. The first-order chi connectivity index (χ1) is 8.06. The number of alkyl halides is 3. The summed E-state index contributed by atoms with van der Waals surface area (Å²) >= 11 is 0. The molecule has 1 aromatic carbocycles. The van der Waals surface area contributed by atoms with Crippen molar-refractivity contribution >= 4 is 5.78 Å². The highest BCUT2D eigenvalue weighted by Crippen LogP contribution is 2.30. The molecule has 0 aromatic heterocycles. The van der Waals surface area contributed by atoms with Gasteiger partial charge in [0.15, 0.2) is 5.78 Å². The van der Waals surface area contributed by atoms with Crippen LogP contribution in [-0.2, 0) is 6.18 Å². The van der Waals surface area contributed by atoms with Gasteiger partial charge in [-0.25, -0.2) is 0 Å². The van der Waals surface area contributed by atoms with E-state index in [2.05, 4.69) is 0 Å². The van der Waals surface area contributed by atoms with Crippen LogP contribution in [0.4, 0.5) is 13.2 Å². The van der Waals surface area contributed by atoms with E-state index in [1.807, 2.05) is 0 Å². The maximum atomic E-state index is 12.6. The lowest BCUT2D eigenvalue weighted by Crippen LogP contribution is -2.45. The number of rotatable bonds is 3. The van der Waals surface area contributed by atoms with E-state index in [0.29, 0.717) is 0 Å². The minimum atomic E-state index is -4.43. The first-order valence-corrected chi connectivity index (χ1v) is 5.46. The summed E-state index contributed by atoms with van der Waals surface area (Å²) < 4.78 is 37.7. The van der Waals surface area contributed by atoms with E-state index in [0.717, 1.165) is 12.1 Å². The van der Waals surface area contributed by atoms with Gasteiger partial charge in [-0.15, -0.1) is 0 Å². The largest absolute Gasteiger partial charge is 0.416 e. The lowest BCUT2D eigenvalue weighted by molar-refractivity contribution is -0.137. The molecule has 0 amide bonds. The summed E-state index contributed by atoms with van der Waals surface area (Å²) in [6.45, 7) is 3.35. The third kappa shape index (κ3) is 2.90. The molecule has 0 bridgehead atoms. The fourth-order valence-electron chi connectivity index (χ4n) is 1.39. The van der Waals surface area contributed by atoms with Gasteiger partial charge in [-0.2, -0.15) is 13.2 Å². The molecular formula is C13H16F3NO. The first-order valence-electron chi connectivity index (χ1n) is 5.46. The topological polar surface area (TPSA) is 20.3 Å². The number of likely N-dealkylation sites (N-methyl/N-ethyl adjacent to an activating group) is 1. The molecule has 0 saturated heterocycles. The highest BCUT2D eigenvalue weighted by molar-refractivity contribution is 6.02. The third-order valence-corrected chi connectivity index (χ3v) is 3.13. The fraction of sp³-hybridized carbons (Fsp3) is 0.462. The van der Waals surface area contributed by atoms with Crippen LogP contribution in [0.3, 0.4) is 0 Å². The van der Waals surface area contributed by atoms with Crippen LogP contribution >= 0.6 is 0 Å². The molecule has 0 unspecified atom stereocenters. The second-order valence-electron chi connectivity index (χ2n) is 4.86. The van der Waals surface area contributed by atoms with Gasteiger partial charge in [-0.3, -0.25) is 9.69 Å². The Labute approximate surface area is 104 Å². The minimum absolute atomic E-state index is 0.0727. The van der Waals surface area contributed by atoms with Crippen LogP contribution in [0.1, 0.15) is 29.8 Å². The molecule has 0 atom stereocenters. The summed E-state index contributed by atoms with van der Waals surface area (Å²) in [5, 5.41) is 0. The van der Waals surface area contributed by atoms with Crippen LogP contribution in [0, 0.1) is 0 Å². The number of nitrogens with zero attached hydrogens (tertiary/aromatic N) is 1. The van der Waals surface area contributed by atoms with Crippen LogP contribution in [0.5, 0.6) is 0 Å². The van der Waals surface area contributed by atoms with Crippen LogP contribution in [0.2, 0.25) is 0 Å².